The zero-order valence-electron chi connectivity index (χ0n) is 13.3. The van der Waals surface area contributed by atoms with Crippen LogP contribution in [0.1, 0.15) is 18.4 Å². The fraction of sp³-hybridized carbons (Fsp3) is 0.500. The van der Waals surface area contributed by atoms with E-state index in [-0.39, 0.29) is 18.3 Å². The maximum Gasteiger partial charge on any atom is 0.308 e. The van der Waals surface area contributed by atoms with Gasteiger partial charge in [0.2, 0.25) is 5.91 Å². The number of halogens is 1. The molecule has 1 aliphatic heterocycles. The molecule has 128 valence electrons. The van der Waals surface area contributed by atoms with Gasteiger partial charge in [-0.25, -0.2) is 0 Å². The zero-order valence-corrected chi connectivity index (χ0v) is 14.1. The number of hydrogen-bond acceptors (Lipinski definition) is 4. The molecule has 1 aliphatic rings. The summed E-state index contributed by atoms with van der Waals surface area (Å²) in [6.45, 7) is 0.840. The Balaban J connectivity index is 0.00000264. The number of methoxy groups -OCH3 is 2. The third kappa shape index (κ3) is 5.03. The van der Waals surface area contributed by atoms with Gasteiger partial charge in [-0.2, -0.15) is 0 Å². The first kappa shape index (κ1) is 19.1. The smallest absolute Gasteiger partial charge is 0.308 e. The van der Waals surface area contributed by atoms with Crippen molar-refractivity contribution in [1.29, 1.82) is 0 Å². The lowest BCUT2D eigenvalue weighted by atomic mass is 10.1. The molecule has 6 nitrogen and oxygen atoms in total. The Bertz CT molecular complexity index is 541. The first-order valence-corrected chi connectivity index (χ1v) is 7.26. The normalized spacial score (nSPS) is 16.6. The number of ether oxygens (including phenoxy) is 2. The van der Waals surface area contributed by atoms with Crippen molar-refractivity contribution < 1.29 is 24.2 Å². The van der Waals surface area contributed by atoms with Crippen LogP contribution in [-0.4, -0.2) is 49.2 Å². The van der Waals surface area contributed by atoms with E-state index in [9.17, 15) is 9.59 Å². The molecule has 7 heteroatoms. The highest BCUT2D eigenvalue weighted by molar-refractivity contribution is 5.85. The lowest BCUT2D eigenvalue weighted by Crippen LogP contribution is -2.30. The van der Waals surface area contributed by atoms with Crippen LogP contribution in [0.5, 0.6) is 11.5 Å². The van der Waals surface area contributed by atoms with Crippen LogP contribution in [0.4, 0.5) is 0 Å². The zero-order chi connectivity index (χ0) is 16.1. The molecule has 1 aromatic carbocycles. The lowest BCUT2D eigenvalue weighted by Gasteiger charge is -2.16. The number of hydrogen-bond donors (Lipinski definition) is 1. The fourth-order valence-electron chi connectivity index (χ4n) is 2.61. The molecule has 1 N–H and O–H groups in total. The third-order valence-electron chi connectivity index (χ3n) is 3.93. The van der Waals surface area contributed by atoms with Gasteiger partial charge in [0.15, 0.2) is 0 Å². The molecule has 23 heavy (non-hydrogen) atoms. The number of carbonyl (C=O) groups is 2. The highest BCUT2D eigenvalue weighted by atomic mass is 35.5. The second-order valence-electron chi connectivity index (χ2n) is 5.38. The van der Waals surface area contributed by atoms with Crippen LogP contribution in [-0.2, 0) is 16.0 Å². The van der Waals surface area contributed by atoms with Crippen molar-refractivity contribution in [2.75, 3.05) is 27.3 Å². The number of likely N-dealkylation sites (tertiary alicyclic amines) is 1. The Hall–Kier alpha value is -1.95. The maximum absolute atomic E-state index is 12.2. The van der Waals surface area contributed by atoms with Gasteiger partial charge in [0.05, 0.1) is 20.1 Å². The van der Waals surface area contributed by atoms with Gasteiger partial charge in [0, 0.05) is 25.6 Å². The molecule has 1 unspecified atom stereocenters. The average molecular weight is 344 g/mol. The number of rotatable bonds is 6. The minimum atomic E-state index is -0.826. The number of aryl methyl sites for hydroxylation is 1. The molecule has 0 aliphatic carbocycles. The minimum absolute atomic E-state index is 0. The maximum atomic E-state index is 12.2. The second kappa shape index (κ2) is 8.62. The molecule has 1 aromatic rings. The number of benzene rings is 1. The van der Waals surface area contributed by atoms with Crippen LogP contribution >= 0.6 is 12.4 Å². The molecule has 1 saturated heterocycles. The Labute approximate surface area is 141 Å². The molecule has 0 saturated carbocycles. The van der Waals surface area contributed by atoms with Crippen LogP contribution in [0.25, 0.3) is 0 Å². The standard InChI is InChI=1S/C16H21NO5.ClH/c1-21-13-7-11(8-14(9-13)22-2)3-4-15(18)17-6-5-12(10-17)16(19)20;/h7-9,12H,3-6,10H2,1-2H3,(H,19,20);1H. The van der Waals surface area contributed by atoms with E-state index in [0.29, 0.717) is 43.9 Å². The van der Waals surface area contributed by atoms with Crippen molar-refractivity contribution in [3.8, 4) is 11.5 Å². The quantitative estimate of drug-likeness (QED) is 0.854. The van der Waals surface area contributed by atoms with Gasteiger partial charge in [-0.05, 0) is 30.5 Å². The summed E-state index contributed by atoms with van der Waals surface area (Å²) in [4.78, 5) is 24.7. The Morgan fingerprint density at radius 1 is 1.22 bits per heavy atom. The summed E-state index contributed by atoms with van der Waals surface area (Å²) in [7, 11) is 3.17. The van der Waals surface area contributed by atoms with E-state index >= 15 is 0 Å². The van der Waals surface area contributed by atoms with Gasteiger partial charge in [-0.15, -0.1) is 12.4 Å². The van der Waals surface area contributed by atoms with E-state index in [0.717, 1.165) is 5.56 Å². The number of carboxylic acid groups (broad SMARTS) is 1. The van der Waals surface area contributed by atoms with Gasteiger partial charge in [0.1, 0.15) is 11.5 Å². The molecule has 0 bridgehead atoms. The van der Waals surface area contributed by atoms with E-state index in [1.165, 1.54) is 0 Å². The number of nitrogens with zero attached hydrogens (tertiary/aromatic N) is 1. The van der Waals surface area contributed by atoms with Gasteiger partial charge >= 0.3 is 5.97 Å². The van der Waals surface area contributed by atoms with Crippen molar-refractivity contribution in [3.63, 3.8) is 0 Å². The number of aliphatic carboxylic acids is 1. The van der Waals surface area contributed by atoms with E-state index in [1.807, 2.05) is 12.1 Å². The summed E-state index contributed by atoms with van der Waals surface area (Å²) >= 11 is 0. The Morgan fingerprint density at radius 2 is 1.83 bits per heavy atom. The molecule has 1 amide bonds. The predicted molar refractivity (Wildman–Crippen MR) is 87.4 cm³/mol. The Kier molecular flexibility index (Phi) is 7.16. The largest absolute Gasteiger partial charge is 0.497 e. The molecule has 0 radical (unpaired) electrons. The first-order valence-electron chi connectivity index (χ1n) is 7.26. The number of amides is 1. The minimum Gasteiger partial charge on any atom is -0.497 e. The van der Waals surface area contributed by atoms with Crippen molar-refractivity contribution in [2.24, 2.45) is 5.92 Å². The van der Waals surface area contributed by atoms with Crippen molar-refractivity contribution >= 4 is 24.3 Å². The van der Waals surface area contributed by atoms with Gasteiger partial charge in [-0.3, -0.25) is 9.59 Å². The summed E-state index contributed by atoms with van der Waals surface area (Å²) < 4.78 is 10.4. The SMILES string of the molecule is COc1cc(CCC(=O)N2CCC(C(=O)O)C2)cc(OC)c1.Cl. The van der Waals surface area contributed by atoms with Crippen molar-refractivity contribution in [3.05, 3.63) is 23.8 Å². The summed E-state index contributed by atoms with van der Waals surface area (Å²) in [5.41, 5.74) is 0.957. The second-order valence-corrected chi connectivity index (χ2v) is 5.38. The third-order valence-corrected chi connectivity index (χ3v) is 3.93. The summed E-state index contributed by atoms with van der Waals surface area (Å²) in [5.74, 6) is 0.113. The van der Waals surface area contributed by atoms with Crippen LogP contribution in [0.15, 0.2) is 18.2 Å². The molecule has 0 aromatic heterocycles. The van der Waals surface area contributed by atoms with E-state index in [4.69, 9.17) is 14.6 Å². The van der Waals surface area contributed by atoms with Crippen molar-refractivity contribution in [1.82, 2.24) is 4.90 Å². The summed E-state index contributed by atoms with van der Waals surface area (Å²) in [6.07, 6.45) is 1.46. The van der Waals surface area contributed by atoms with Crippen LogP contribution in [0.2, 0.25) is 0 Å². The fourth-order valence-corrected chi connectivity index (χ4v) is 2.61. The average Bonchev–Trinajstić information content (AvgIpc) is 3.02. The van der Waals surface area contributed by atoms with Crippen molar-refractivity contribution in [2.45, 2.75) is 19.3 Å². The van der Waals surface area contributed by atoms with Crippen LogP contribution in [0, 0.1) is 5.92 Å². The van der Waals surface area contributed by atoms with E-state index in [1.54, 1.807) is 25.2 Å². The number of carboxylic acids is 1. The van der Waals surface area contributed by atoms with E-state index in [2.05, 4.69) is 0 Å². The first-order chi connectivity index (χ1) is 10.5. The monoisotopic (exact) mass is 343 g/mol. The highest BCUT2D eigenvalue weighted by Crippen LogP contribution is 2.24. The molecule has 1 atom stereocenters. The predicted octanol–water partition coefficient (Wildman–Crippen LogP) is 1.99. The van der Waals surface area contributed by atoms with E-state index < -0.39 is 11.9 Å². The topological polar surface area (TPSA) is 76.1 Å². The van der Waals surface area contributed by atoms with Gasteiger partial charge in [0.25, 0.3) is 0 Å². The lowest BCUT2D eigenvalue weighted by molar-refractivity contribution is -0.141. The molecule has 1 heterocycles. The summed E-state index contributed by atoms with van der Waals surface area (Å²) in [5, 5.41) is 8.97. The molecular weight excluding hydrogens is 322 g/mol. The molecular formula is C16H22ClNO5. The van der Waals surface area contributed by atoms with Crippen LogP contribution in [0.3, 0.4) is 0 Å². The van der Waals surface area contributed by atoms with Crippen LogP contribution < -0.4 is 9.47 Å². The molecule has 1 fully saturated rings. The number of carbonyl (C=O) groups excluding carboxylic acids is 1. The molecule has 0 spiro atoms. The van der Waals surface area contributed by atoms with Gasteiger partial charge < -0.3 is 19.5 Å². The Morgan fingerprint density at radius 3 is 2.30 bits per heavy atom. The molecule has 2 rings (SSSR count). The summed E-state index contributed by atoms with van der Waals surface area (Å²) in [6, 6.07) is 5.53. The van der Waals surface area contributed by atoms with Gasteiger partial charge in [-0.1, -0.05) is 0 Å². The highest BCUT2D eigenvalue weighted by Gasteiger charge is 2.30.